The van der Waals surface area contributed by atoms with Gasteiger partial charge in [0.2, 0.25) is 0 Å². The molecule has 0 bridgehead atoms. The minimum absolute atomic E-state index is 0.0195. The largest absolute Gasteiger partial charge is 0.522 e. The third-order valence-corrected chi connectivity index (χ3v) is 4.44. The lowest BCUT2D eigenvalue weighted by Gasteiger charge is -2.15. The van der Waals surface area contributed by atoms with Crippen LogP contribution in [-0.2, 0) is 17.5 Å². The standard InChI is InChI=1S/C21H18F7N3O3/c1-11-30-16-9-17(32-2)18(33-3-4-34-21(26,27)28)8-15(16)19(31-11)29-10-12-5-13(20(23,24)25)7-14(22)6-12/h5-9H,3-4,10H2,1-2H3,(H,29,30,31). The molecule has 2 aromatic carbocycles. The summed E-state index contributed by atoms with van der Waals surface area (Å²) in [5.74, 6) is -0.277. The van der Waals surface area contributed by atoms with Gasteiger partial charge in [0, 0.05) is 18.0 Å². The molecular weight excluding hydrogens is 475 g/mol. The molecule has 13 heteroatoms. The Bertz CT molecular complexity index is 1170. The Morgan fingerprint density at radius 2 is 1.65 bits per heavy atom. The van der Waals surface area contributed by atoms with E-state index in [0.717, 1.165) is 12.1 Å². The van der Waals surface area contributed by atoms with Crippen LogP contribution in [0.4, 0.5) is 36.6 Å². The van der Waals surface area contributed by atoms with Crippen LogP contribution in [0.2, 0.25) is 0 Å². The second kappa shape index (κ2) is 9.87. The molecule has 0 unspecified atom stereocenters. The highest BCUT2D eigenvalue weighted by atomic mass is 19.4. The fourth-order valence-electron chi connectivity index (χ4n) is 3.07. The Morgan fingerprint density at radius 3 is 2.29 bits per heavy atom. The second-order valence-corrected chi connectivity index (χ2v) is 6.98. The minimum atomic E-state index is -4.80. The summed E-state index contributed by atoms with van der Waals surface area (Å²) >= 11 is 0. The van der Waals surface area contributed by atoms with E-state index in [0.29, 0.717) is 22.8 Å². The molecule has 1 aromatic heterocycles. The number of benzene rings is 2. The van der Waals surface area contributed by atoms with Gasteiger partial charge in [0.15, 0.2) is 11.5 Å². The number of ether oxygens (including phenoxy) is 3. The average Bonchev–Trinajstić information content (AvgIpc) is 2.73. The van der Waals surface area contributed by atoms with E-state index < -0.39 is 37.1 Å². The molecular formula is C21H18F7N3O3. The number of aryl methyl sites for hydroxylation is 1. The van der Waals surface area contributed by atoms with Gasteiger partial charge in [-0.2, -0.15) is 13.2 Å². The molecule has 0 spiro atoms. The van der Waals surface area contributed by atoms with Crippen LogP contribution in [0.15, 0.2) is 30.3 Å². The predicted molar refractivity (Wildman–Crippen MR) is 107 cm³/mol. The van der Waals surface area contributed by atoms with Gasteiger partial charge in [-0.05, 0) is 36.8 Å². The van der Waals surface area contributed by atoms with Gasteiger partial charge in [0.1, 0.15) is 24.1 Å². The zero-order valence-corrected chi connectivity index (χ0v) is 17.8. The number of methoxy groups -OCH3 is 1. The summed E-state index contributed by atoms with van der Waals surface area (Å²) in [5.41, 5.74) is -0.735. The first-order chi connectivity index (χ1) is 15.9. The lowest BCUT2D eigenvalue weighted by Crippen LogP contribution is -2.18. The molecule has 1 heterocycles. The molecule has 0 atom stereocenters. The normalized spacial score (nSPS) is 12.1. The van der Waals surface area contributed by atoms with Gasteiger partial charge in [-0.25, -0.2) is 14.4 Å². The smallest absolute Gasteiger partial charge is 0.493 e. The fraction of sp³-hybridized carbons (Fsp3) is 0.333. The van der Waals surface area contributed by atoms with Gasteiger partial charge in [-0.1, -0.05) is 0 Å². The van der Waals surface area contributed by atoms with Crippen molar-refractivity contribution in [3.8, 4) is 11.5 Å². The molecule has 184 valence electrons. The summed E-state index contributed by atoms with van der Waals surface area (Å²) in [5, 5.41) is 3.20. The Balaban J connectivity index is 1.88. The summed E-state index contributed by atoms with van der Waals surface area (Å²) in [6.07, 6.45) is -9.52. The lowest BCUT2D eigenvalue weighted by molar-refractivity contribution is -0.325. The third kappa shape index (κ3) is 6.59. The van der Waals surface area contributed by atoms with Crippen LogP contribution in [0.25, 0.3) is 10.9 Å². The Kier molecular flexibility index (Phi) is 7.34. The summed E-state index contributed by atoms with van der Waals surface area (Å²) in [6.45, 7) is 0.176. The molecule has 0 aliphatic rings. The minimum Gasteiger partial charge on any atom is -0.493 e. The second-order valence-electron chi connectivity index (χ2n) is 6.98. The van der Waals surface area contributed by atoms with Crippen LogP contribution < -0.4 is 14.8 Å². The lowest BCUT2D eigenvalue weighted by atomic mass is 10.1. The number of hydrogen-bond acceptors (Lipinski definition) is 6. The highest BCUT2D eigenvalue weighted by Gasteiger charge is 2.31. The number of nitrogens with one attached hydrogen (secondary N) is 1. The van der Waals surface area contributed by atoms with Crippen LogP contribution in [0.3, 0.4) is 0 Å². The summed E-state index contributed by atoms with van der Waals surface area (Å²) in [4.78, 5) is 8.49. The number of hydrogen-bond donors (Lipinski definition) is 1. The molecule has 3 aromatic rings. The van der Waals surface area contributed by atoms with E-state index in [2.05, 4.69) is 20.0 Å². The molecule has 0 saturated carbocycles. The fourth-order valence-corrected chi connectivity index (χ4v) is 3.07. The summed E-state index contributed by atoms with van der Waals surface area (Å²) < 4.78 is 103. The van der Waals surface area contributed by atoms with Crippen molar-refractivity contribution >= 4 is 16.7 Å². The summed E-state index contributed by atoms with van der Waals surface area (Å²) in [6, 6.07) is 5.04. The van der Waals surface area contributed by atoms with Crippen LogP contribution in [-0.4, -0.2) is 36.7 Å². The SMILES string of the molecule is COc1cc2nc(C)nc(NCc3cc(F)cc(C(F)(F)F)c3)c2cc1OCCOC(F)(F)F. The Labute approximate surface area is 188 Å². The number of nitrogens with zero attached hydrogens (tertiary/aromatic N) is 2. The van der Waals surface area contributed by atoms with Crippen LogP contribution >= 0.6 is 0 Å². The van der Waals surface area contributed by atoms with Gasteiger partial charge < -0.3 is 14.8 Å². The number of alkyl halides is 6. The van der Waals surface area contributed by atoms with Crippen molar-refractivity contribution in [1.82, 2.24) is 9.97 Å². The van der Waals surface area contributed by atoms with Crippen molar-refractivity contribution in [2.24, 2.45) is 0 Å². The third-order valence-electron chi connectivity index (χ3n) is 4.44. The molecule has 0 saturated heterocycles. The van der Waals surface area contributed by atoms with E-state index in [4.69, 9.17) is 9.47 Å². The van der Waals surface area contributed by atoms with E-state index in [1.54, 1.807) is 6.92 Å². The van der Waals surface area contributed by atoms with Crippen molar-refractivity contribution < 1.29 is 44.9 Å². The Hall–Kier alpha value is -3.35. The molecule has 6 nitrogen and oxygen atoms in total. The van der Waals surface area contributed by atoms with Crippen LogP contribution in [0, 0.1) is 12.7 Å². The molecule has 1 N–H and O–H groups in total. The predicted octanol–water partition coefficient (Wildman–Crippen LogP) is 5.63. The van der Waals surface area contributed by atoms with Crippen molar-refractivity contribution in [3.05, 3.63) is 53.1 Å². The van der Waals surface area contributed by atoms with Gasteiger partial charge in [0.05, 0.1) is 24.8 Å². The number of halogens is 7. The van der Waals surface area contributed by atoms with E-state index >= 15 is 0 Å². The van der Waals surface area contributed by atoms with Gasteiger partial charge in [-0.3, -0.25) is 4.74 Å². The van der Waals surface area contributed by atoms with Crippen LogP contribution in [0.1, 0.15) is 17.0 Å². The molecule has 0 amide bonds. The van der Waals surface area contributed by atoms with E-state index in [1.807, 2.05) is 0 Å². The average molecular weight is 493 g/mol. The zero-order valence-electron chi connectivity index (χ0n) is 17.8. The first kappa shape index (κ1) is 25.3. The monoisotopic (exact) mass is 493 g/mol. The van der Waals surface area contributed by atoms with Gasteiger partial charge >= 0.3 is 12.5 Å². The van der Waals surface area contributed by atoms with E-state index in [9.17, 15) is 30.7 Å². The number of fused-ring (bicyclic) bond motifs is 1. The van der Waals surface area contributed by atoms with Crippen LogP contribution in [0.5, 0.6) is 11.5 Å². The maximum Gasteiger partial charge on any atom is 0.522 e. The van der Waals surface area contributed by atoms with Gasteiger partial charge in [0.25, 0.3) is 0 Å². The summed E-state index contributed by atoms with van der Waals surface area (Å²) in [7, 11) is 1.33. The van der Waals surface area contributed by atoms with E-state index in [-0.39, 0.29) is 29.4 Å². The molecule has 0 radical (unpaired) electrons. The first-order valence-electron chi connectivity index (χ1n) is 9.66. The zero-order chi connectivity index (χ0) is 25.1. The number of rotatable bonds is 8. The quantitative estimate of drug-likeness (QED) is 0.324. The first-order valence-corrected chi connectivity index (χ1v) is 9.66. The highest BCUT2D eigenvalue weighted by molar-refractivity contribution is 5.91. The molecule has 0 fully saturated rings. The highest BCUT2D eigenvalue weighted by Crippen LogP contribution is 2.35. The van der Waals surface area contributed by atoms with Gasteiger partial charge in [-0.15, -0.1) is 13.2 Å². The molecule has 0 aliphatic heterocycles. The number of aromatic nitrogens is 2. The van der Waals surface area contributed by atoms with Crippen molar-refractivity contribution in [3.63, 3.8) is 0 Å². The van der Waals surface area contributed by atoms with Crippen molar-refractivity contribution in [1.29, 1.82) is 0 Å². The Morgan fingerprint density at radius 1 is 0.912 bits per heavy atom. The van der Waals surface area contributed by atoms with E-state index in [1.165, 1.54) is 19.2 Å². The number of anilines is 1. The topological polar surface area (TPSA) is 65.5 Å². The van der Waals surface area contributed by atoms with Crippen molar-refractivity contribution in [2.45, 2.75) is 26.0 Å². The molecule has 3 rings (SSSR count). The van der Waals surface area contributed by atoms with Crippen molar-refractivity contribution in [2.75, 3.05) is 25.6 Å². The molecule has 0 aliphatic carbocycles. The maximum atomic E-state index is 13.7. The molecule has 34 heavy (non-hydrogen) atoms. The maximum absolute atomic E-state index is 13.7.